The van der Waals surface area contributed by atoms with E-state index < -0.39 is 5.41 Å². The summed E-state index contributed by atoms with van der Waals surface area (Å²) in [5.41, 5.74) is 0.0255. The van der Waals surface area contributed by atoms with E-state index in [-0.39, 0.29) is 5.78 Å². The summed E-state index contributed by atoms with van der Waals surface area (Å²) in [5.74, 6) is 0.00926. The fraction of sp³-hybridized carbons (Fsp3) is 0.400. The van der Waals surface area contributed by atoms with Gasteiger partial charge >= 0.3 is 0 Å². The molecule has 0 aliphatic carbocycles. The highest BCUT2D eigenvalue weighted by atomic mass is 35.5. The van der Waals surface area contributed by atoms with Gasteiger partial charge in [-0.15, -0.1) is 0 Å². The lowest BCUT2D eigenvalue weighted by Crippen LogP contribution is -2.21. The Morgan fingerprint density at radius 1 is 1.46 bits per heavy atom. The van der Waals surface area contributed by atoms with Crippen LogP contribution < -0.4 is 0 Å². The van der Waals surface area contributed by atoms with Gasteiger partial charge in [0, 0.05) is 16.6 Å². The molecule has 1 aromatic rings. The molecule has 13 heavy (non-hydrogen) atoms. The first-order chi connectivity index (χ1) is 5.91. The number of Topliss-reactive ketones (excluding diaryl/α,β-unsaturated/α-hetero) is 1. The molecule has 0 unspecified atom stereocenters. The number of nitrogens with zero attached hydrogens (tertiary/aromatic N) is 1. The molecule has 0 saturated heterocycles. The maximum absolute atomic E-state index is 11.7. The van der Waals surface area contributed by atoms with Crippen LogP contribution in [0.15, 0.2) is 18.3 Å². The molecule has 0 N–H and O–H groups in total. The van der Waals surface area contributed by atoms with Crippen molar-refractivity contribution in [1.82, 2.24) is 4.98 Å². The quantitative estimate of drug-likeness (QED) is 0.648. The molecule has 2 nitrogen and oxygen atoms in total. The maximum Gasteiger partial charge on any atom is 0.186 e. The predicted octanol–water partition coefficient (Wildman–Crippen LogP) is 2.96. The van der Waals surface area contributed by atoms with Crippen LogP contribution in [0.25, 0.3) is 0 Å². The van der Waals surface area contributed by atoms with Crippen LogP contribution in [-0.2, 0) is 0 Å². The Bertz CT molecular complexity index is 328. The van der Waals surface area contributed by atoms with Crippen molar-refractivity contribution in [2.45, 2.75) is 20.8 Å². The highest BCUT2D eigenvalue weighted by molar-refractivity contribution is 6.30. The molecule has 0 spiro atoms. The molecule has 0 amide bonds. The Balaban J connectivity index is 3.03. The number of halogens is 1. The second-order valence-electron chi connectivity index (χ2n) is 3.94. The van der Waals surface area contributed by atoms with Gasteiger partial charge in [-0.3, -0.25) is 9.78 Å². The predicted molar refractivity (Wildman–Crippen MR) is 53.0 cm³/mol. The zero-order valence-corrected chi connectivity index (χ0v) is 8.72. The first kappa shape index (κ1) is 10.2. The molecule has 3 heteroatoms. The first-order valence-corrected chi connectivity index (χ1v) is 4.45. The summed E-state index contributed by atoms with van der Waals surface area (Å²) in [6, 6.07) is 3.25. The van der Waals surface area contributed by atoms with Gasteiger partial charge in [-0.1, -0.05) is 32.4 Å². The van der Waals surface area contributed by atoms with Crippen LogP contribution in [0.5, 0.6) is 0 Å². The topological polar surface area (TPSA) is 30.0 Å². The molecule has 0 aliphatic rings. The van der Waals surface area contributed by atoms with Crippen molar-refractivity contribution in [3.05, 3.63) is 29.0 Å². The zero-order chi connectivity index (χ0) is 10.1. The van der Waals surface area contributed by atoms with Gasteiger partial charge in [0.2, 0.25) is 0 Å². The lowest BCUT2D eigenvalue weighted by molar-refractivity contribution is 0.0853. The van der Waals surface area contributed by atoms with Crippen molar-refractivity contribution in [3.8, 4) is 0 Å². The van der Waals surface area contributed by atoms with E-state index in [4.69, 9.17) is 11.6 Å². The molecule has 0 radical (unpaired) electrons. The molecule has 0 atom stereocenters. The van der Waals surface area contributed by atoms with Gasteiger partial charge < -0.3 is 0 Å². The van der Waals surface area contributed by atoms with Crippen LogP contribution in [-0.4, -0.2) is 10.8 Å². The number of ketones is 1. The smallest absolute Gasteiger partial charge is 0.186 e. The van der Waals surface area contributed by atoms with Crippen molar-refractivity contribution in [2.75, 3.05) is 0 Å². The number of aromatic nitrogens is 1. The Kier molecular flexibility index (Phi) is 2.71. The van der Waals surface area contributed by atoms with E-state index in [1.165, 1.54) is 0 Å². The number of carbonyl (C=O) groups excluding carboxylic acids is 1. The lowest BCUT2D eigenvalue weighted by atomic mass is 9.89. The molecule has 0 aliphatic heterocycles. The minimum absolute atomic E-state index is 0.00926. The fourth-order valence-corrected chi connectivity index (χ4v) is 1.07. The SMILES string of the molecule is CC(C)(C)C(=O)c1cc(Cl)ccn1. The van der Waals surface area contributed by atoms with Gasteiger partial charge in [0.15, 0.2) is 5.78 Å². The zero-order valence-electron chi connectivity index (χ0n) is 7.97. The third kappa shape index (κ3) is 2.52. The molecule has 1 aromatic heterocycles. The average molecular weight is 198 g/mol. The Labute approximate surface area is 82.9 Å². The molecule has 0 fully saturated rings. The third-order valence-electron chi connectivity index (χ3n) is 1.64. The van der Waals surface area contributed by atoms with E-state index in [2.05, 4.69) is 4.98 Å². The molecule has 0 saturated carbocycles. The lowest BCUT2D eigenvalue weighted by Gasteiger charge is -2.15. The second kappa shape index (κ2) is 3.46. The van der Waals surface area contributed by atoms with E-state index in [0.29, 0.717) is 10.7 Å². The molecule has 0 aromatic carbocycles. The van der Waals surface area contributed by atoms with Gasteiger partial charge in [0.1, 0.15) is 5.69 Å². The monoisotopic (exact) mass is 197 g/mol. The summed E-state index contributed by atoms with van der Waals surface area (Å²) in [7, 11) is 0. The number of pyridine rings is 1. The van der Waals surface area contributed by atoms with Crippen molar-refractivity contribution in [1.29, 1.82) is 0 Å². The van der Waals surface area contributed by atoms with Gasteiger partial charge in [-0.25, -0.2) is 0 Å². The van der Waals surface area contributed by atoms with Crippen molar-refractivity contribution < 1.29 is 4.79 Å². The Morgan fingerprint density at radius 2 is 2.08 bits per heavy atom. The molecule has 1 heterocycles. The summed E-state index contributed by atoms with van der Waals surface area (Å²) in [4.78, 5) is 15.7. The van der Waals surface area contributed by atoms with Crippen LogP contribution in [0.3, 0.4) is 0 Å². The third-order valence-corrected chi connectivity index (χ3v) is 1.87. The fourth-order valence-electron chi connectivity index (χ4n) is 0.913. The van der Waals surface area contributed by atoms with Gasteiger partial charge in [0.05, 0.1) is 0 Å². The number of hydrogen-bond donors (Lipinski definition) is 0. The van der Waals surface area contributed by atoms with Crippen LogP contribution >= 0.6 is 11.6 Å². The van der Waals surface area contributed by atoms with Crippen molar-refractivity contribution >= 4 is 17.4 Å². The highest BCUT2D eigenvalue weighted by Gasteiger charge is 2.23. The summed E-state index contributed by atoms with van der Waals surface area (Å²) in [6.07, 6.45) is 1.54. The molecule has 1 rings (SSSR count). The number of rotatable bonds is 1. The van der Waals surface area contributed by atoms with Crippen molar-refractivity contribution in [3.63, 3.8) is 0 Å². The first-order valence-electron chi connectivity index (χ1n) is 4.07. The molecular weight excluding hydrogens is 186 g/mol. The van der Waals surface area contributed by atoms with E-state index in [0.717, 1.165) is 0 Å². The van der Waals surface area contributed by atoms with Crippen LogP contribution in [0.2, 0.25) is 5.02 Å². The molecule has 0 bridgehead atoms. The van der Waals surface area contributed by atoms with Gasteiger partial charge in [0.25, 0.3) is 0 Å². The minimum atomic E-state index is -0.405. The standard InChI is InChI=1S/C10H12ClNO/c1-10(2,3)9(13)8-6-7(11)4-5-12-8/h4-6H,1-3H3. The van der Waals surface area contributed by atoms with E-state index in [1.807, 2.05) is 20.8 Å². The summed E-state index contributed by atoms with van der Waals surface area (Å²) in [5, 5.41) is 0.544. The van der Waals surface area contributed by atoms with E-state index >= 15 is 0 Å². The highest BCUT2D eigenvalue weighted by Crippen LogP contribution is 2.20. The van der Waals surface area contributed by atoms with Gasteiger partial charge in [-0.05, 0) is 12.1 Å². The Hall–Kier alpha value is -0.890. The van der Waals surface area contributed by atoms with Gasteiger partial charge in [-0.2, -0.15) is 0 Å². The maximum atomic E-state index is 11.7. The number of carbonyl (C=O) groups is 1. The molecule has 70 valence electrons. The van der Waals surface area contributed by atoms with Crippen LogP contribution in [0.4, 0.5) is 0 Å². The summed E-state index contributed by atoms with van der Waals surface area (Å²) >= 11 is 5.75. The Morgan fingerprint density at radius 3 is 2.54 bits per heavy atom. The molecular formula is C10H12ClNO. The largest absolute Gasteiger partial charge is 0.292 e. The van der Waals surface area contributed by atoms with Crippen LogP contribution in [0, 0.1) is 5.41 Å². The number of hydrogen-bond acceptors (Lipinski definition) is 2. The van der Waals surface area contributed by atoms with Crippen molar-refractivity contribution in [2.24, 2.45) is 5.41 Å². The van der Waals surface area contributed by atoms with E-state index in [1.54, 1.807) is 18.3 Å². The van der Waals surface area contributed by atoms with Crippen LogP contribution in [0.1, 0.15) is 31.3 Å². The normalized spacial score (nSPS) is 11.4. The van der Waals surface area contributed by atoms with E-state index in [9.17, 15) is 4.79 Å². The summed E-state index contributed by atoms with van der Waals surface area (Å²) < 4.78 is 0. The minimum Gasteiger partial charge on any atom is -0.292 e. The summed E-state index contributed by atoms with van der Waals surface area (Å²) in [6.45, 7) is 5.58. The second-order valence-corrected chi connectivity index (χ2v) is 4.37. The average Bonchev–Trinajstić information content (AvgIpc) is 2.01.